The fourth-order valence-electron chi connectivity index (χ4n) is 3.92. The van der Waals surface area contributed by atoms with Crippen LogP contribution < -0.4 is 0 Å². The van der Waals surface area contributed by atoms with Crippen molar-refractivity contribution in [3.05, 3.63) is 77.4 Å². The van der Waals surface area contributed by atoms with Gasteiger partial charge >= 0.3 is 0 Å². The molecule has 5 unspecified atom stereocenters. The number of rotatable bonds is 4. The molecule has 0 saturated carbocycles. The first-order valence-corrected chi connectivity index (χ1v) is 9.58. The average molecular weight is 396 g/mol. The molecule has 1 aromatic rings. The number of hydrogen-bond donors (Lipinski definition) is 5. The van der Waals surface area contributed by atoms with E-state index in [9.17, 15) is 25.5 Å². The zero-order valence-corrected chi connectivity index (χ0v) is 15.7. The van der Waals surface area contributed by atoms with Crippen molar-refractivity contribution in [3.63, 3.8) is 0 Å². The molecule has 0 radical (unpaired) electrons. The summed E-state index contributed by atoms with van der Waals surface area (Å²) in [5.41, 5.74) is 4.59. The van der Waals surface area contributed by atoms with Crippen molar-refractivity contribution in [1.29, 1.82) is 0 Å². The standard InChI is InChI=1S/C23H24O6/c24-12-19-20(26)21(27)22(28)23(29-19)17-11-13(6-7-18(17)25)8-14-9-15-4-2-1-3-5-16(15)10-14/h1-7,9-11,19-28H,8,12H2. The maximum absolute atomic E-state index is 10.4. The molecule has 5 atom stereocenters. The van der Waals surface area contributed by atoms with E-state index < -0.39 is 37.1 Å². The highest BCUT2D eigenvalue weighted by Gasteiger charge is 2.44. The molecule has 1 aromatic carbocycles. The molecule has 0 bridgehead atoms. The summed E-state index contributed by atoms with van der Waals surface area (Å²) in [6, 6.07) is 19.3. The fraction of sp³-hybridized carbons (Fsp3) is 0.304. The van der Waals surface area contributed by atoms with Crippen LogP contribution in [0, 0.1) is 0 Å². The number of benzene rings is 1. The van der Waals surface area contributed by atoms with Gasteiger partial charge in [-0.05, 0) is 40.8 Å². The van der Waals surface area contributed by atoms with Crippen LogP contribution in [0.2, 0.25) is 0 Å². The van der Waals surface area contributed by atoms with Gasteiger partial charge in [0.2, 0.25) is 0 Å². The summed E-state index contributed by atoms with van der Waals surface area (Å²) >= 11 is 0. The smallest absolute Gasteiger partial charge is 0.121 e. The highest BCUT2D eigenvalue weighted by molar-refractivity contribution is 5.68. The van der Waals surface area contributed by atoms with Crippen molar-refractivity contribution in [1.82, 2.24) is 0 Å². The summed E-state index contributed by atoms with van der Waals surface area (Å²) in [5.74, 6) is -0.0854. The third kappa shape index (κ3) is 3.85. The lowest BCUT2D eigenvalue weighted by molar-refractivity contribution is -0.232. The van der Waals surface area contributed by atoms with E-state index in [1.165, 1.54) is 6.07 Å². The minimum Gasteiger partial charge on any atom is -0.508 e. The first-order chi connectivity index (χ1) is 14.0. The van der Waals surface area contributed by atoms with Crippen molar-refractivity contribution in [2.45, 2.75) is 36.9 Å². The van der Waals surface area contributed by atoms with Gasteiger partial charge in [0.15, 0.2) is 0 Å². The van der Waals surface area contributed by atoms with E-state index in [-0.39, 0.29) is 5.75 Å². The SMILES string of the molecule is OCC1OC(c2cc(Cc3cc4cccccc-4c3)ccc2O)C(O)C(O)C1O. The number of phenolic OH excluding ortho intramolecular Hbond substituents is 1. The van der Waals surface area contributed by atoms with E-state index in [4.69, 9.17) is 4.74 Å². The first kappa shape index (κ1) is 19.8. The maximum atomic E-state index is 10.4. The topological polar surface area (TPSA) is 110 Å². The van der Waals surface area contributed by atoms with Gasteiger partial charge in [0, 0.05) is 5.56 Å². The third-order valence-corrected chi connectivity index (χ3v) is 5.49. The molecular formula is C23H24O6. The third-order valence-electron chi connectivity index (χ3n) is 5.49. The average Bonchev–Trinajstić information content (AvgIpc) is 2.96. The number of fused-ring (bicyclic) bond motifs is 1. The van der Waals surface area contributed by atoms with Crippen molar-refractivity contribution < 1.29 is 30.3 Å². The Morgan fingerprint density at radius 3 is 2.10 bits per heavy atom. The van der Waals surface area contributed by atoms with Gasteiger partial charge in [-0.15, -0.1) is 0 Å². The lowest BCUT2D eigenvalue weighted by atomic mass is 9.89. The van der Waals surface area contributed by atoms with Gasteiger partial charge in [-0.2, -0.15) is 0 Å². The van der Waals surface area contributed by atoms with Crippen LogP contribution in [0.25, 0.3) is 11.1 Å². The summed E-state index contributed by atoms with van der Waals surface area (Å²) in [6.45, 7) is -0.514. The fourth-order valence-corrected chi connectivity index (χ4v) is 3.92. The number of aliphatic hydroxyl groups is 4. The second kappa shape index (κ2) is 8.10. The van der Waals surface area contributed by atoms with Gasteiger partial charge in [0.25, 0.3) is 0 Å². The highest BCUT2D eigenvalue weighted by atomic mass is 16.5. The zero-order valence-electron chi connectivity index (χ0n) is 15.7. The van der Waals surface area contributed by atoms with Crippen LogP contribution >= 0.6 is 0 Å². The Kier molecular flexibility index (Phi) is 5.54. The minimum atomic E-state index is -1.49. The normalized spacial score (nSPS) is 27.2. The molecule has 1 aliphatic heterocycles. The predicted octanol–water partition coefficient (Wildman–Crippen LogP) is 1.60. The van der Waals surface area contributed by atoms with E-state index in [2.05, 4.69) is 24.3 Å². The summed E-state index contributed by atoms with van der Waals surface area (Å²) in [7, 11) is 0. The van der Waals surface area contributed by atoms with Crippen molar-refractivity contribution in [2.75, 3.05) is 6.61 Å². The number of aromatic hydroxyl groups is 1. The molecule has 0 amide bonds. The van der Waals surface area contributed by atoms with Gasteiger partial charge in [-0.3, -0.25) is 0 Å². The lowest BCUT2D eigenvalue weighted by Crippen LogP contribution is -2.55. The highest BCUT2D eigenvalue weighted by Crippen LogP contribution is 2.37. The molecule has 1 fully saturated rings. The van der Waals surface area contributed by atoms with E-state index >= 15 is 0 Å². The van der Waals surface area contributed by atoms with E-state index in [1.807, 2.05) is 18.2 Å². The minimum absolute atomic E-state index is 0.0854. The number of ether oxygens (including phenoxy) is 1. The monoisotopic (exact) mass is 396 g/mol. The Balaban J connectivity index is 1.63. The zero-order chi connectivity index (χ0) is 20.5. The summed E-state index contributed by atoms with van der Waals surface area (Å²) in [4.78, 5) is 0. The number of phenols is 1. The Bertz CT molecular complexity index is 925. The Morgan fingerprint density at radius 2 is 1.45 bits per heavy atom. The van der Waals surface area contributed by atoms with Crippen LogP contribution in [0.1, 0.15) is 22.8 Å². The lowest BCUT2D eigenvalue weighted by Gasteiger charge is -2.40. The quantitative estimate of drug-likeness (QED) is 0.458. The Hall–Kier alpha value is -2.48. The molecule has 6 heteroatoms. The van der Waals surface area contributed by atoms with Crippen molar-refractivity contribution in [3.8, 4) is 16.9 Å². The Labute approximate surface area is 168 Å². The van der Waals surface area contributed by atoms with E-state index in [0.29, 0.717) is 12.0 Å². The molecule has 3 aliphatic rings. The Morgan fingerprint density at radius 1 is 0.759 bits per heavy atom. The van der Waals surface area contributed by atoms with Gasteiger partial charge in [0.1, 0.15) is 36.3 Å². The maximum Gasteiger partial charge on any atom is 0.121 e. The van der Waals surface area contributed by atoms with Crippen LogP contribution in [0.15, 0.2) is 60.7 Å². The van der Waals surface area contributed by atoms with Crippen LogP contribution in [-0.4, -0.2) is 56.6 Å². The molecular weight excluding hydrogens is 372 g/mol. The molecule has 0 spiro atoms. The van der Waals surface area contributed by atoms with Gasteiger partial charge in [0.05, 0.1) is 6.61 Å². The second-order valence-corrected chi connectivity index (χ2v) is 7.50. The number of hydrogen-bond acceptors (Lipinski definition) is 6. The molecule has 5 N–H and O–H groups in total. The van der Waals surface area contributed by atoms with Crippen LogP contribution in [0.4, 0.5) is 0 Å². The molecule has 152 valence electrons. The number of aliphatic hydroxyl groups excluding tert-OH is 4. The molecule has 4 rings (SSSR count). The first-order valence-electron chi connectivity index (χ1n) is 9.58. The molecule has 6 nitrogen and oxygen atoms in total. The van der Waals surface area contributed by atoms with Gasteiger partial charge in [-0.1, -0.05) is 48.5 Å². The van der Waals surface area contributed by atoms with E-state index in [1.54, 1.807) is 12.1 Å². The van der Waals surface area contributed by atoms with Crippen LogP contribution in [-0.2, 0) is 11.2 Å². The van der Waals surface area contributed by atoms with Gasteiger partial charge in [-0.25, -0.2) is 0 Å². The largest absolute Gasteiger partial charge is 0.508 e. The van der Waals surface area contributed by atoms with E-state index in [0.717, 1.165) is 22.3 Å². The van der Waals surface area contributed by atoms with Crippen molar-refractivity contribution in [2.24, 2.45) is 0 Å². The van der Waals surface area contributed by atoms with Crippen LogP contribution in [0.3, 0.4) is 0 Å². The summed E-state index contributed by atoms with van der Waals surface area (Å²) < 4.78 is 5.59. The molecule has 2 aliphatic carbocycles. The predicted molar refractivity (Wildman–Crippen MR) is 107 cm³/mol. The molecule has 0 aromatic heterocycles. The van der Waals surface area contributed by atoms with Crippen LogP contribution in [0.5, 0.6) is 5.75 Å². The second-order valence-electron chi connectivity index (χ2n) is 7.50. The van der Waals surface area contributed by atoms with Crippen molar-refractivity contribution >= 4 is 0 Å². The summed E-state index contributed by atoms with van der Waals surface area (Å²) in [5, 5.41) is 50.1. The summed E-state index contributed by atoms with van der Waals surface area (Å²) in [6.07, 6.45) is -5.84. The molecule has 29 heavy (non-hydrogen) atoms. The molecule has 1 heterocycles. The molecule has 1 saturated heterocycles. The van der Waals surface area contributed by atoms with Gasteiger partial charge < -0.3 is 30.3 Å².